The van der Waals surface area contributed by atoms with Crippen LogP contribution >= 0.6 is 15.9 Å². The first-order valence-corrected chi connectivity index (χ1v) is 7.82. The molecule has 0 spiro atoms. The van der Waals surface area contributed by atoms with Gasteiger partial charge in [-0.05, 0) is 31.9 Å². The molecule has 1 aromatic rings. The van der Waals surface area contributed by atoms with Crippen molar-refractivity contribution in [3.63, 3.8) is 0 Å². The first kappa shape index (κ1) is 14.4. The standard InChI is InChI=1S/C15H20BrNO2/c1-11(2)17(8-7-16)15(18)13-9-12-5-3-4-6-14(12)19-10-13/h3-6,11,13H,7-10H2,1-2H3. The fraction of sp³-hybridized carbons (Fsp3) is 0.533. The van der Waals surface area contributed by atoms with Crippen molar-refractivity contribution in [2.45, 2.75) is 26.3 Å². The lowest BCUT2D eigenvalue weighted by molar-refractivity contribution is -0.138. The van der Waals surface area contributed by atoms with E-state index in [1.807, 2.05) is 29.2 Å². The van der Waals surface area contributed by atoms with E-state index in [2.05, 4.69) is 29.8 Å². The number of carbonyl (C=O) groups excluding carboxylic acids is 1. The van der Waals surface area contributed by atoms with E-state index in [-0.39, 0.29) is 17.9 Å². The zero-order valence-corrected chi connectivity index (χ0v) is 13.0. The summed E-state index contributed by atoms with van der Waals surface area (Å²) in [5.41, 5.74) is 1.13. The third-order valence-corrected chi connectivity index (χ3v) is 3.81. The van der Waals surface area contributed by atoms with Crippen LogP contribution in [0.3, 0.4) is 0 Å². The molecule has 0 saturated carbocycles. The van der Waals surface area contributed by atoms with Crippen molar-refractivity contribution in [1.82, 2.24) is 4.90 Å². The van der Waals surface area contributed by atoms with Crippen LogP contribution in [0.1, 0.15) is 19.4 Å². The summed E-state index contributed by atoms with van der Waals surface area (Å²) < 4.78 is 5.71. The number of rotatable bonds is 4. The smallest absolute Gasteiger partial charge is 0.229 e. The Bertz CT molecular complexity index is 448. The Morgan fingerprint density at radius 2 is 2.21 bits per heavy atom. The van der Waals surface area contributed by atoms with Crippen LogP contribution in [0.4, 0.5) is 0 Å². The maximum Gasteiger partial charge on any atom is 0.229 e. The van der Waals surface area contributed by atoms with Crippen LogP contribution in [0, 0.1) is 5.92 Å². The summed E-state index contributed by atoms with van der Waals surface area (Å²) in [7, 11) is 0. The van der Waals surface area contributed by atoms with Gasteiger partial charge >= 0.3 is 0 Å². The minimum absolute atomic E-state index is 0.0589. The Morgan fingerprint density at radius 1 is 1.47 bits per heavy atom. The van der Waals surface area contributed by atoms with Crippen molar-refractivity contribution in [2.24, 2.45) is 5.92 Å². The Balaban J connectivity index is 2.09. The van der Waals surface area contributed by atoms with Gasteiger partial charge in [0.15, 0.2) is 0 Å². The molecule has 0 aromatic heterocycles. The summed E-state index contributed by atoms with van der Waals surface area (Å²) in [6.07, 6.45) is 0.778. The number of nitrogens with zero attached hydrogens (tertiary/aromatic N) is 1. The number of carbonyl (C=O) groups is 1. The molecular weight excluding hydrogens is 306 g/mol. The average molecular weight is 326 g/mol. The number of para-hydroxylation sites is 1. The highest BCUT2D eigenvalue weighted by atomic mass is 79.9. The predicted molar refractivity (Wildman–Crippen MR) is 79.8 cm³/mol. The van der Waals surface area contributed by atoms with Gasteiger partial charge in [0.25, 0.3) is 0 Å². The van der Waals surface area contributed by atoms with Crippen LogP contribution in [0.2, 0.25) is 0 Å². The third-order valence-electron chi connectivity index (χ3n) is 3.46. The van der Waals surface area contributed by atoms with Crippen LogP contribution in [0.15, 0.2) is 24.3 Å². The van der Waals surface area contributed by atoms with Crippen molar-refractivity contribution < 1.29 is 9.53 Å². The fourth-order valence-corrected chi connectivity index (χ4v) is 2.82. The highest BCUT2D eigenvalue weighted by Gasteiger charge is 2.30. The molecule has 1 amide bonds. The molecule has 0 radical (unpaired) electrons. The second-order valence-electron chi connectivity index (χ2n) is 5.13. The van der Waals surface area contributed by atoms with Crippen LogP contribution in [-0.2, 0) is 11.2 Å². The lowest BCUT2D eigenvalue weighted by Gasteiger charge is -2.32. The molecule has 0 aliphatic carbocycles. The average Bonchev–Trinajstić information content (AvgIpc) is 2.43. The summed E-state index contributed by atoms with van der Waals surface area (Å²) in [6, 6.07) is 8.19. The third kappa shape index (κ3) is 3.30. The summed E-state index contributed by atoms with van der Waals surface area (Å²) >= 11 is 3.41. The monoisotopic (exact) mass is 325 g/mol. The molecule has 19 heavy (non-hydrogen) atoms. The highest BCUT2D eigenvalue weighted by molar-refractivity contribution is 9.09. The molecule has 1 unspecified atom stereocenters. The molecule has 1 aromatic carbocycles. The van der Waals surface area contributed by atoms with Gasteiger partial charge < -0.3 is 9.64 Å². The van der Waals surface area contributed by atoms with Gasteiger partial charge in [0.2, 0.25) is 5.91 Å². The maximum atomic E-state index is 12.6. The topological polar surface area (TPSA) is 29.5 Å². The van der Waals surface area contributed by atoms with Gasteiger partial charge in [-0.1, -0.05) is 34.1 Å². The van der Waals surface area contributed by atoms with Crippen molar-refractivity contribution in [1.29, 1.82) is 0 Å². The summed E-state index contributed by atoms with van der Waals surface area (Å²) in [5.74, 6) is 1.06. The van der Waals surface area contributed by atoms with E-state index in [1.54, 1.807) is 0 Å². The van der Waals surface area contributed by atoms with Crippen LogP contribution in [0.5, 0.6) is 5.75 Å². The van der Waals surface area contributed by atoms with Gasteiger partial charge in [0.05, 0.1) is 5.92 Å². The predicted octanol–water partition coefficient (Wildman–Crippen LogP) is 2.87. The molecule has 0 saturated heterocycles. The lowest BCUT2D eigenvalue weighted by Crippen LogP contribution is -2.45. The van der Waals surface area contributed by atoms with E-state index in [0.717, 1.165) is 29.6 Å². The number of alkyl halides is 1. The zero-order valence-electron chi connectivity index (χ0n) is 11.4. The molecule has 0 bridgehead atoms. The molecule has 104 valence electrons. The van der Waals surface area contributed by atoms with E-state index < -0.39 is 0 Å². The molecule has 1 aliphatic rings. The van der Waals surface area contributed by atoms with E-state index in [1.165, 1.54) is 0 Å². The lowest BCUT2D eigenvalue weighted by atomic mass is 9.95. The van der Waals surface area contributed by atoms with Crippen molar-refractivity contribution in [3.05, 3.63) is 29.8 Å². The van der Waals surface area contributed by atoms with Gasteiger partial charge in [-0.2, -0.15) is 0 Å². The minimum Gasteiger partial charge on any atom is -0.492 e. The first-order valence-electron chi connectivity index (χ1n) is 6.70. The molecule has 1 atom stereocenters. The van der Waals surface area contributed by atoms with Crippen molar-refractivity contribution in [2.75, 3.05) is 18.5 Å². The summed E-state index contributed by atoms with van der Waals surface area (Å²) in [6.45, 7) is 5.34. The normalized spacial score (nSPS) is 17.8. The van der Waals surface area contributed by atoms with Gasteiger partial charge in [-0.3, -0.25) is 4.79 Å². The van der Waals surface area contributed by atoms with Gasteiger partial charge in [-0.25, -0.2) is 0 Å². The van der Waals surface area contributed by atoms with Crippen molar-refractivity contribution >= 4 is 21.8 Å². The maximum absolute atomic E-state index is 12.6. The molecule has 0 fully saturated rings. The van der Waals surface area contributed by atoms with Gasteiger partial charge in [0, 0.05) is 17.9 Å². The Hall–Kier alpha value is -1.03. The Morgan fingerprint density at radius 3 is 2.89 bits per heavy atom. The number of halogens is 1. The zero-order chi connectivity index (χ0) is 13.8. The van der Waals surface area contributed by atoms with Crippen molar-refractivity contribution in [3.8, 4) is 5.75 Å². The van der Waals surface area contributed by atoms with Gasteiger partial charge in [0.1, 0.15) is 12.4 Å². The molecule has 0 N–H and O–H groups in total. The summed E-state index contributed by atoms with van der Waals surface area (Å²) in [5, 5.41) is 0.807. The first-order chi connectivity index (χ1) is 9.13. The number of ether oxygens (including phenoxy) is 1. The van der Waals surface area contributed by atoms with Crippen LogP contribution in [0.25, 0.3) is 0 Å². The summed E-state index contributed by atoms with van der Waals surface area (Å²) in [4.78, 5) is 14.5. The molecule has 1 aliphatic heterocycles. The second-order valence-corrected chi connectivity index (χ2v) is 5.93. The van der Waals surface area contributed by atoms with Crippen LogP contribution in [-0.4, -0.2) is 35.3 Å². The number of hydrogen-bond acceptors (Lipinski definition) is 2. The van der Waals surface area contributed by atoms with E-state index >= 15 is 0 Å². The number of benzene rings is 1. The fourth-order valence-electron chi connectivity index (χ4n) is 2.44. The molecule has 1 heterocycles. The largest absolute Gasteiger partial charge is 0.492 e. The number of fused-ring (bicyclic) bond motifs is 1. The minimum atomic E-state index is -0.0589. The van der Waals surface area contributed by atoms with E-state index in [0.29, 0.717) is 6.61 Å². The highest BCUT2D eigenvalue weighted by Crippen LogP contribution is 2.28. The molecule has 4 heteroatoms. The van der Waals surface area contributed by atoms with Gasteiger partial charge in [-0.15, -0.1) is 0 Å². The SMILES string of the molecule is CC(C)N(CCBr)C(=O)C1COc2ccccc2C1. The quantitative estimate of drug-likeness (QED) is 0.797. The number of amides is 1. The number of hydrogen-bond donors (Lipinski definition) is 0. The Kier molecular flexibility index (Phi) is 4.86. The van der Waals surface area contributed by atoms with E-state index in [9.17, 15) is 4.79 Å². The van der Waals surface area contributed by atoms with Crippen LogP contribution < -0.4 is 4.74 Å². The Labute approximate surface area is 123 Å². The molecular formula is C15H20BrNO2. The second kappa shape index (κ2) is 6.42. The molecule has 3 nitrogen and oxygen atoms in total. The van der Waals surface area contributed by atoms with E-state index in [4.69, 9.17) is 4.74 Å². The molecule has 2 rings (SSSR count).